The summed E-state index contributed by atoms with van der Waals surface area (Å²) in [4.78, 5) is 4.37. The van der Waals surface area contributed by atoms with Crippen molar-refractivity contribution < 1.29 is 0 Å². The van der Waals surface area contributed by atoms with E-state index in [1.54, 1.807) is 6.08 Å². The van der Waals surface area contributed by atoms with Crippen LogP contribution in [0.15, 0.2) is 36.2 Å². The van der Waals surface area contributed by atoms with Gasteiger partial charge in [-0.05, 0) is 38.4 Å². The second-order valence-electron chi connectivity index (χ2n) is 7.16. The van der Waals surface area contributed by atoms with Crippen LogP contribution in [0.3, 0.4) is 0 Å². The Kier molecular flexibility index (Phi) is 6.63. The summed E-state index contributed by atoms with van der Waals surface area (Å²) in [7, 11) is 6.22. The molecule has 0 saturated heterocycles. The third-order valence-electron chi connectivity index (χ3n) is 3.57. The molecule has 0 unspecified atom stereocenters. The molecule has 0 aliphatic heterocycles. The average Bonchev–Trinajstić information content (AvgIpc) is 2.43. The molecular formula is C18H31N5. The largest absolute Gasteiger partial charge is 0.385 e. The van der Waals surface area contributed by atoms with E-state index in [2.05, 4.69) is 48.4 Å². The number of likely N-dealkylation sites (N-methyl/N-ethyl adjacent to an activating group) is 2. The molecule has 0 heterocycles. The van der Waals surface area contributed by atoms with Gasteiger partial charge in [-0.1, -0.05) is 26.8 Å². The van der Waals surface area contributed by atoms with Crippen LogP contribution >= 0.6 is 0 Å². The lowest BCUT2D eigenvalue weighted by molar-refractivity contribution is 0.416. The zero-order valence-corrected chi connectivity index (χ0v) is 15.3. The van der Waals surface area contributed by atoms with Gasteiger partial charge in [0.15, 0.2) is 0 Å². The minimum absolute atomic E-state index is 0.208. The van der Waals surface area contributed by atoms with Crippen molar-refractivity contribution in [2.24, 2.45) is 11.1 Å². The fourth-order valence-corrected chi connectivity index (χ4v) is 1.87. The van der Waals surface area contributed by atoms with Crippen LogP contribution in [0.4, 0.5) is 11.4 Å². The van der Waals surface area contributed by atoms with E-state index in [-0.39, 0.29) is 5.41 Å². The number of anilines is 2. The van der Waals surface area contributed by atoms with Gasteiger partial charge in [-0.15, -0.1) is 0 Å². The van der Waals surface area contributed by atoms with Gasteiger partial charge in [-0.25, -0.2) is 0 Å². The molecule has 4 N–H and O–H groups in total. The van der Waals surface area contributed by atoms with Crippen molar-refractivity contribution in [3.63, 3.8) is 0 Å². The summed E-state index contributed by atoms with van der Waals surface area (Å²) < 4.78 is 0. The van der Waals surface area contributed by atoms with Crippen LogP contribution < -0.4 is 16.0 Å². The summed E-state index contributed by atoms with van der Waals surface area (Å²) in [6.45, 7) is 7.95. The van der Waals surface area contributed by atoms with E-state index in [1.807, 2.05) is 32.9 Å². The number of rotatable bonds is 7. The molecule has 0 aliphatic rings. The van der Waals surface area contributed by atoms with Crippen LogP contribution in [0, 0.1) is 10.8 Å². The molecular weight excluding hydrogens is 286 g/mol. The molecule has 1 rings (SSSR count). The second kappa shape index (κ2) is 8.02. The quantitative estimate of drug-likeness (QED) is 0.676. The van der Waals surface area contributed by atoms with Gasteiger partial charge in [0.2, 0.25) is 0 Å². The van der Waals surface area contributed by atoms with Crippen molar-refractivity contribution in [2.75, 3.05) is 44.4 Å². The maximum atomic E-state index is 8.03. The molecule has 128 valence electrons. The molecule has 0 spiro atoms. The maximum absolute atomic E-state index is 8.03. The highest BCUT2D eigenvalue weighted by Gasteiger charge is 2.15. The van der Waals surface area contributed by atoms with E-state index in [1.165, 1.54) is 0 Å². The molecule has 0 bridgehead atoms. The molecule has 0 aromatic heterocycles. The normalized spacial score (nSPS) is 12.4. The van der Waals surface area contributed by atoms with Crippen molar-refractivity contribution in [2.45, 2.75) is 20.8 Å². The van der Waals surface area contributed by atoms with Crippen LogP contribution in [-0.2, 0) is 0 Å². The van der Waals surface area contributed by atoms with E-state index < -0.39 is 0 Å². The standard InChI is InChI=1S/C18H31N5/c1-18(2,3)16(19)13-17(20)21-14-8-7-9-15(12-14)23(6)11-10-22(4)5/h7-9,12-13,19,21H,10-11,20H2,1-6H3/b17-13-,19-16?. The van der Waals surface area contributed by atoms with Gasteiger partial charge in [0.1, 0.15) is 5.82 Å². The van der Waals surface area contributed by atoms with Crippen molar-refractivity contribution in [1.82, 2.24) is 4.90 Å². The molecule has 0 atom stereocenters. The van der Waals surface area contributed by atoms with Gasteiger partial charge in [-0.2, -0.15) is 0 Å². The summed E-state index contributed by atoms with van der Waals surface area (Å²) in [5.41, 5.74) is 8.37. The van der Waals surface area contributed by atoms with E-state index in [0.717, 1.165) is 24.5 Å². The molecule has 5 heteroatoms. The second-order valence-corrected chi connectivity index (χ2v) is 7.16. The van der Waals surface area contributed by atoms with E-state index in [0.29, 0.717) is 11.5 Å². The first-order valence-corrected chi connectivity index (χ1v) is 7.89. The van der Waals surface area contributed by atoms with Gasteiger partial charge in [0.05, 0.1) is 0 Å². The van der Waals surface area contributed by atoms with Crippen molar-refractivity contribution in [3.8, 4) is 0 Å². The summed E-state index contributed by atoms with van der Waals surface area (Å²) >= 11 is 0. The van der Waals surface area contributed by atoms with E-state index >= 15 is 0 Å². The Hall–Kier alpha value is -2.01. The number of nitrogens with two attached hydrogens (primary N) is 1. The lowest BCUT2D eigenvalue weighted by Gasteiger charge is -2.22. The van der Waals surface area contributed by atoms with Gasteiger partial charge < -0.3 is 26.3 Å². The first-order valence-electron chi connectivity index (χ1n) is 7.89. The SMILES string of the molecule is CN(C)CCN(C)c1cccc(N/C(N)=C\C(=N)C(C)(C)C)c1. The number of nitrogens with zero attached hydrogens (tertiary/aromatic N) is 2. The first kappa shape index (κ1) is 19.0. The van der Waals surface area contributed by atoms with Crippen LogP contribution in [0.1, 0.15) is 20.8 Å². The van der Waals surface area contributed by atoms with Gasteiger partial charge in [-0.3, -0.25) is 0 Å². The molecule has 5 nitrogen and oxygen atoms in total. The van der Waals surface area contributed by atoms with E-state index in [4.69, 9.17) is 11.1 Å². The summed E-state index contributed by atoms with van der Waals surface area (Å²) in [5.74, 6) is 0.484. The highest BCUT2D eigenvalue weighted by molar-refractivity contribution is 5.97. The number of nitrogens with one attached hydrogen (secondary N) is 2. The summed E-state index contributed by atoms with van der Waals surface area (Å²) in [6, 6.07) is 8.13. The predicted molar refractivity (Wildman–Crippen MR) is 101 cm³/mol. The van der Waals surface area contributed by atoms with Crippen LogP contribution in [0.5, 0.6) is 0 Å². The van der Waals surface area contributed by atoms with Gasteiger partial charge in [0, 0.05) is 42.6 Å². The summed E-state index contributed by atoms with van der Waals surface area (Å²) in [6.07, 6.45) is 1.68. The van der Waals surface area contributed by atoms with E-state index in [9.17, 15) is 0 Å². The highest BCUT2D eigenvalue weighted by atomic mass is 15.2. The first-order chi connectivity index (χ1) is 10.6. The lowest BCUT2D eigenvalue weighted by Crippen LogP contribution is -2.28. The fraction of sp³-hybridized carbons (Fsp3) is 0.500. The number of benzene rings is 1. The monoisotopic (exact) mass is 317 g/mol. The van der Waals surface area contributed by atoms with Crippen LogP contribution in [0.25, 0.3) is 0 Å². The average molecular weight is 317 g/mol. The third-order valence-corrected chi connectivity index (χ3v) is 3.57. The molecule has 0 aliphatic carbocycles. The maximum Gasteiger partial charge on any atom is 0.102 e. The molecule has 0 amide bonds. The smallest absolute Gasteiger partial charge is 0.102 e. The molecule has 1 aromatic rings. The number of hydrogen-bond acceptors (Lipinski definition) is 5. The number of hydrogen-bond donors (Lipinski definition) is 3. The Morgan fingerprint density at radius 1 is 1.22 bits per heavy atom. The Morgan fingerprint density at radius 2 is 1.87 bits per heavy atom. The Balaban J connectivity index is 2.77. The topological polar surface area (TPSA) is 68.4 Å². The van der Waals surface area contributed by atoms with Crippen molar-refractivity contribution >= 4 is 17.1 Å². The van der Waals surface area contributed by atoms with Crippen LogP contribution in [0.2, 0.25) is 0 Å². The third kappa shape index (κ3) is 6.74. The fourth-order valence-electron chi connectivity index (χ4n) is 1.87. The van der Waals surface area contributed by atoms with Crippen molar-refractivity contribution in [3.05, 3.63) is 36.2 Å². The lowest BCUT2D eigenvalue weighted by atomic mass is 9.90. The van der Waals surface area contributed by atoms with Crippen molar-refractivity contribution in [1.29, 1.82) is 5.41 Å². The number of allylic oxidation sites excluding steroid dienone is 1. The molecule has 23 heavy (non-hydrogen) atoms. The molecule has 1 aromatic carbocycles. The Labute approximate surface area is 140 Å². The van der Waals surface area contributed by atoms with Gasteiger partial charge >= 0.3 is 0 Å². The molecule has 0 saturated carbocycles. The molecule has 0 radical (unpaired) electrons. The minimum Gasteiger partial charge on any atom is -0.385 e. The minimum atomic E-state index is -0.208. The zero-order chi connectivity index (χ0) is 17.6. The van der Waals surface area contributed by atoms with Crippen LogP contribution in [-0.4, -0.2) is 44.8 Å². The Bertz CT molecular complexity index is 555. The predicted octanol–water partition coefficient (Wildman–Crippen LogP) is 2.96. The van der Waals surface area contributed by atoms with Gasteiger partial charge in [0.25, 0.3) is 0 Å². The summed E-state index contributed by atoms with van der Waals surface area (Å²) in [5, 5.41) is 11.2. The highest BCUT2D eigenvalue weighted by Crippen LogP contribution is 2.20. The Morgan fingerprint density at radius 3 is 2.43 bits per heavy atom. The zero-order valence-electron chi connectivity index (χ0n) is 15.3. The molecule has 0 fully saturated rings.